The minimum Gasteiger partial charge on any atom is -0.478 e. The number of hydrogen-bond donors (Lipinski definition) is 1. The van der Waals surface area contributed by atoms with Gasteiger partial charge in [-0.1, -0.05) is 29.7 Å². The van der Waals surface area contributed by atoms with Crippen molar-refractivity contribution in [1.29, 1.82) is 0 Å². The fourth-order valence-corrected chi connectivity index (χ4v) is 1.10. The number of carboxylic acid groups (broad SMARTS) is 1. The Morgan fingerprint density at radius 1 is 1.33 bits per heavy atom. The molecule has 0 aromatic heterocycles. The Balaban J connectivity index is 2.94. The second-order valence-corrected chi connectivity index (χ2v) is 2.99. The van der Waals surface area contributed by atoms with E-state index < -0.39 is 18.0 Å². The number of rotatable bonds is 3. The summed E-state index contributed by atoms with van der Waals surface area (Å²) in [5.41, 5.74) is 0.901. The van der Waals surface area contributed by atoms with Crippen LogP contribution in [0.15, 0.2) is 24.3 Å². The largest absolute Gasteiger partial charge is 0.478 e. The normalized spacial score (nSPS) is 11.8. The fourth-order valence-electron chi connectivity index (χ4n) is 1.10. The Kier molecular flexibility index (Phi) is 3.49. The molecule has 0 bridgehead atoms. The van der Waals surface area contributed by atoms with Crippen molar-refractivity contribution >= 4 is 25.2 Å². The summed E-state index contributed by atoms with van der Waals surface area (Å²) in [5.74, 6) is -1.85. The van der Waals surface area contributed by atoms with Gasteiger partial charge in [0.05, 0.1) is 0 Å². The first-order chi connectivity index (χ1) is 7.00. The van der Waals surface area contributed by atoms with Gasteiger partial charge < -0.3 is 9.84 Å². The average molecular weight is 204 g/mol. The monoisotopic (exact) mass is 204 g/mol. The molecule has 1 unspecified atom stereocenters. The second kappa shape index (κ2) is 4.64. The van der Waals surface area contributed by atoms with Crippen molar-refractivity contribution in [3.63, 3.8) is 0 Å². The topological polar surface area (TPSA) is 63.6 Å². The third-order valence-corrected chi connectivity index (χ3v) is 1.75. The molecule has 0 fully saturated rings. The summed E-state index contributed by atoms with van der Waals surface area (Å²) in [4.78, 5) is 21.5. The number of aliphatic carboxylic acids is 1. The van der Waals surface area contributed by atoms with Crippen molar-refractivity contribution in [1.82, 2.24) is 0 Å². The Morgan fingerprint density at radius 3 is 2.27 bits per heavy atom. The van der Waals surface area contributed by atoms with Crippen molar-refractivity contribution in [3.8, 4) is 0 Å². The second-order valence-electron chi connectivity index (χ2n) is 2.99. The summed E-state index contributed by atoms with van der Waals surface area (Å²) < 4.78 is 4.66. The summed E-state index contributed by atoms with van der Waals surface area (Å²) in [5, 5.41) is 8.84. The molecule has 0 aliphatic rings. The van der Waals surface area contributed by atoms with Gasteiger partial charge in [-0.05, 0) is 0 Å². The van der Waals surface area contributed by atoms with Gasteiger partial charge in [-0.25, -0.2) is 4.79 Å². The van der Waals surface area contributed by atoms with E-state index in [1.54, 1.807) is 12.1 Å². The van der Waals surface area contributed by atoms with Crippen LogP contribution >= 0.6 is 0 Å². The van der Waals surface area contributed by atoms with E-state index in [0.717, 1.165) is 6.92 Å². The van der Waals surface area contributed by atoms with Crippen molar-refractivity contribution in [2.75, 3.05) is 0 Å². The summed E-state index contributed by atoms with van der Waals surface area (Å²) in [7, 11) is 5.45. The minimum atomic E-state index is -1.27. The molecule has 5 heteroatoms. The summed E-state index contributed by atoms with van der Waals surface area (Å²) in [6, 6.07) is 6.12. The maximum absolute atomic E-state index is 10.8. The average Bonchev–Trinajstić information content (AvgIpc) is 2.15. The first-order valence-corrected chi connectivity index (χ1v) is 4.26. The van der Waals surface area contributed by atoms with E-state index >= 15 is 0 Å². The number of carbonyl (C=O) groups is 2. The van der Waals surface area contributed by atoms with Gasteiger partial charge in [-0.15, -0.1) is 0 Å². The molecule has 15 heavy (non-hydrogen) atoms. The Hall–Kier alpha value is -1.78. The molecule has 0 saturated carbocycles. The molecule has 1 rings (SSSR count). The molecule has 0 amide bonds. The molecule has 2 radical (unpaired) electrons. The summed E-state index contributed by atoms with van der Waals surface area (Å²) >= 11 is 0. The van der Waals surface area contributed by atoms with E-state index in [1.807, 2.05) is 0 Å². The van der Waals surface area contributed by atoms with Gasteiger partial charge in [0.25, 0.3) is 0 Å². The molecule has 0 aliphatic carbocycles. The van der Waals surface area contributed by atoms with Gasteiger partial charge in [0.2, 0.25) is 6.10 Å². The lowest BCUT2D eigenvalue weighted by molar-refractivity contribution is -0.163. The zero-order valence-corrected chi connectivity index (χ0v) is 8.14. The SMILES string of the molecule is [B]c1ccc(C(OC(C)=O)C(=O)O)cc1. The quantitative estimate of drug-likeness (QED) is 0.562. The molecule has 0 aliphatic heterocycles. The zero-order valence-electron chi connectivity index (χ0n) is 8.14. The van der Waals surface area contributed by atoms with Crippen molar-refractivity contribution in [2.45, 2.75) is 13.0 Å². The number of benzene rings is 1. The van der Waals surface area contributed by atoms with Crippen LogP contribution in [0.25, 0.3) is 0 Å². The van der Waals surface area contributed by atoms with Gasteiger partial charge in [0, 0.05) is 12.5 Å². The molecule has 1 atom stereocenters. The highest BCUT2D eigenvalue weighted by molar-refractivity contribution is 6.32. The first-order valence-electron chi connectivity index (χ1n) is 4.26. The number of carboxylic acids is 1. The lowest BCUT2D eigenvalue weighted by atomic mass is 9.94. The van der Waals surface area contributed by atoms with E-state index in [9.17, 15) is 9.59 Å². The summed E-state index contributed by atoms with van der Waals surface area (Å²) in [6.07, 6.45) is -1.27. The van der Waals surface area contributed by atoms with Gasteiger partial charge >= 0.3 is 11.9 Å². The van der Waals surface area contributed by atoms with E-state index in [1.165, 1.54) is 12.1 Å². The zero-order chi connectivity index (χ0) is 11.4. The number of esters is 1. The highest BCUT2D eigenvalue weighted by Gasteiger charge is 2.22. The summed E-state index contributed by atoms with van der Waals surface area (Å²) in [6.45, 7) is 1.16. The van der Waals surface area contributed by atoms with Crippen LogP contribution in [0.2, 0.25) is 0 Å². The van der Waals surface area contributed by atoms with Crippen LogP contribution in [-0.2, 0) is 14.3 Å². The van der Waals surface area contributed by atoms with Gasteiger partial charge in [-0.3, -0.25) is 4.79 Å². The van der Waals surface area contributed by atoms with Gasteiger partial charge in [-0.2, -0.15) is 0 Å². The number of ether oxygens (including phenoxy) is 1. The van der Waals surface area contributed by atoms with Crippen LogP contribution in [-0.4, -0.2) is 24.9 Å². The van der Waals surface area contributed by atoms with Crippen LogP contribution in [0.1, 0.15) is 18.6 Å². The van der Waals surface area contributed by atoms with Crippen LogP contribution in [0.5, 0.6) is 0 Å². The van der Waals surface area contributed by atoms with Crippen LogP contribution in [0.4, 0.5) is 0 Å². The molecule has 0 heterocycles. The number of carbonyl (C=O) groups excluding carboxylic acids is 1. The van der Waals surface area contributed by atoms with Crippen LogP contribution in [0, 0.1) is 0 Å². The Labute approximate surface area is 88.3 Å². The Bertz CT molecular complexity index is 372. The van der Waals surface area contributed by atoms with E-state index in [0.29, 0.717) is 11.0 Å². The third-order valence-electron chi connectivity index (χ3n) is 1.75. The van der Waals surface area contributed by atoms with E-state index in [4.69, 9.17) is 13.0 Å². The van der Waals surface area contributed by atoms with Crippen molar-refractivity contribution in [2.24, 2.45) is 0 Å². The predicted octanol–water partition coefficient (Wildman–Crippen LogP) is 0.169. The molecule has 1 aromatic carbocycles. The number of hydrogen-bond acceptors (Lipinski definition) is 3. The molecule has 4 nitrogen and oxygen atoms in total. The van der Waals surface area contributed by atoms with Crippen molar-refractivity contribution < 1.29 is 19.4 Å². The van der Waals surface area contributed by atoms with Crippen molar-refractivity contribution in [3.05, 3.63) is 29.8 Å². The smallest absolute Gasteiger partial charge is 0.349 e. The molecule has 1 N–H and O–H groups in total. The minimum absolute atomic E-state index is 0.381. The van der Waals surface area contributed by atoms with E-state index in [-0.39, 0.29) is 0 Å². The van der Waals surface area contributed by atoms with Crippen LogP contribution in [0.3, 0.4) is 0 Å². The van der Waals surface area contributed by atoms with Crippen LogP contribution < -0.4 is 5.46 Å². The fraction of sp³-hybridized carbons (Fsp3) is 0.200. The molecular weight excluding hydrogens is 195 g/mol. The maximum Gasteiger partial charge on any atom is 0.349 e. The first kappa shape index (κ1) is 11.3. The standard InChI is InChI=1S/C10H9BO4/c1-6(12)15-9(10(13)14)7-2-4-8(11)5-3-7/h2-5,9H,1H3,(H,13,14). The van der Waals surface area contributed by atoms with Gasteiger partial charge in [0.15, 0.2) is 0 Å². The third kappa shape index (κ3) is 3.12. The molecular formula is C10H9BO4. The highest BCUT2D eigenvalue weighted by Crippen LogP contribution is 2.16. The van der Waals surface area contributed by atoms with Gasteiger partial charge in [0.1, 0.15) is 7.85 Å². The molecule has 1 aromatic rings. The lowest BCUT2D eigenvalue weighted by Gasteiger charge is -2.12. The molecule has 0 spiro atoms. The maximum atomic E-state index is 10.8. The Morgan fingerprint density at radius 2 is 1.87 bits per heavy atom. The molecule has 76 valence electrons. The van der Waals surface area contributed by atoms with E-state index in [2.05, 4.69) is 4.74 Å². The highest BCUT2D eigenvalue weighted by atomic mass is 16.6. The lowest BCUT2D eigenvalue weighted by Crippen LogP contribution is -2.18. The molecule has 0 saturated heterocycles. The predicted molar refractivity (Wildman–Crippen MR) is 54.0 cm³/mol.